The van der Waals surface area contributed by atoms with Crippen molar-refractivity contribution < 1.29 is 13.2 Å². The molecule has 1 unspecified atom stereocenters. The lowest BCUT2D eigenvalue weighted by atomic mass is 9.98. The van der Waals surface area contributed by atoms with E-state index in [1.54, 1.807) is 6.92 Å². The van der Waals surface area contributed by atoms with Gasteiger partial charge in [-0.25, -0.2) is 0 Å². The van der Waals surface area contributed by atoms with Gasteiger partial charge in [-0.1, -0.05) is 13.3 Å². The monoisotopic (exact) mass is 252 g/mol. The Hall–Kier alpha value is -0.580. The summed E-state index contributed by atoms with van der Waals surface area (Å²) in [5, 5.41) is 7.43. The Morgan fingerprint density at radius 1 is 1.24 bits per heavy atom. The van der Waals surface area contributed by atoms with E-state index in [2.05, 4.69) is 0 Å². The summed E-state index contributed by atoms with van der Waals surface area (Å²) in [6.07, 6.45) is -1.65. The smallest absolute Gasteiger partial charge is 0.310 e. The third-order valence-corrected chi connectivity index (χ3v) is 3.18. The fourth-order valence-electron chi connectivity index (χ4n) is 1.59. The molecule has 0 saturated heterocycles. The van der Waals surface area contributed by atoms with Crippen LogP contribution in [0.5, 0.6) is 0 Å². The van der Waals surface area contributed by atoms with Gasteiger partial charge in [0.1, 0.15) is 0 Å². The Bertz CT molecular complexity index is 238. The molecule has 0 bridgehead atoms. The van der Waals surface area contributed by atoms with E-state index in [4.69, 9.17) is 5.41 Å². The number of nitrogens with one attached hydrogen (secondary N) is 1. The minimum atomic E-state index is -4.12. The molecule has 0 rings (SSSR count). The summed E-state index contributed by atoms with van der Waals surface area (Å²) < 4.78 is 36.5. The molecule has 0 amide bonds. The third kappa shape index (κ3) is 8.18. The number of hydrogen-bond acceptors (Lipinski definition) is 2. The van der Waals surface area contributed by atoms with Gasteiger partial charge in [0.2, 0.25) is 0 Å². The summed E-state index contributed by atoms with van der Waals surface area (Å²) in [7, 11) is 1.50. The SMILES string of the molecule is CC(=N)C(C)CCC[C@@H](C)N(C)CC(F)(F)F. The highest BCUT2D eigenvalue weighted by atomic mass is 19.4. The van der Waals surface area contributed by atoms with Crippen LogP contribution in [0.25, 0.3) is 0 Å². The van der Waals surface area contributed by atoms with Crippen LogP contribution in [0, 0.1) is 11.3 Å². The highest BCUT2D eigenvalue weighted by molar-refractivity contribution is 5.80. The second-order valence-corrected chi connectivity index (χ2v) is 4.89. The topological polar surface area (TPSA) is 27.1 Å². The second kappa shape index (κ2) is 6.99. The van der Waals surface area contributed by atoms with Crippen LogP contribution >= 0.6 is 0 Å². The largest absolute Gasteiger partial charge is 0.401 e. The standard InChI is InChI=1S/C12H23F3N2/c1-9(11(3)16)6-5-7-10(2)17(4)8-12(13,14)15/h9-10,16H,5-8H2,1-4H3/t9?,10-/m1/s1. The number of alkyl halides is 3. The van der Waals surface area contributed by atoms with Gasteiger partial charge in [-0.2, -0.15) is 13.2 Å². The molecular weight excluding hydrogens is 229 g/mol. The van der Waals surface area contributed by atoms with Crippen LogP contribution in [0.15, 0.2) is 0 Å². The predicted molar refractivity (Wildman–Crippen MR) is 64.6 cm³/mol. The molecule has 17 heavy (non-hydrogen) atoms. The zero-order chi connectivity index (χ0) is 13.6. The van der Waals surface area contributed by atoms with Crippen LogP contribution in [0.1, 0.15) is 40.0 Å². The van der Waals surface area contributed by atoms with Crippen LogP contribution in [-0.2, 0) is 0 Å². The molecule has 0 aromatic heterocycles. The highest BCUT2D eigenvalue weighted by Gasteiger charge is 2.30. The minimum Gasteiger partial charge on any atom is -0.310 e. The molecule has 2 nitrogen and oxygen atoms in total. The first kappa shape index (κ1) is 16.4. The molecule has 5 heteroatoms. The third-order valence-electron chi connectivity index (χ3n) is 3.18. The number of hydrogen-bond donors (Lipinski definition) is 1. The Labute approximate surface area is 102 Å². The molecule has 0 aliphatic rings. The lowest BCUT2D eigenvalue weighted by Crippen LogP contribution is -2.37. The van der Waals surface area contributed by atoms with Crippen molar-refractivity contribution in [3.05, 3.63) is 0 Å². The molecule has 1 N–H and O–H groups in total. The van der Waals surface area contributed by atoms with Crippen LogP contribution in [0.3, 0.4) is 0 Å². The fraction of sp³-hybridized carbons (Fsp3) is 0.917. The van der Waals surface area contributed by atoms with Crippen molar-refractivity contribution >= 4 is 5.71 Å². The molecule has 0 aliphatic carbocycles. The molecule has 0 saturated carbocycles. The summed E-state index contributed by atoms with van der Waals surface area (Å²) in [6.45, 7) is 4.71. The summed E-state index contributed by atoms with van der Waals surface area (Å²) in [5.41, 5.74) is 0.640. The summed E-state index contributed by atoms with van der Waals surface area (Å²) >= 11 is 0. The number of nitrogens with zero attached hydrogens (tertiary/aromatic N) is 1. The van der Waals surface area contributed by atoms with Gasteiger partial charge in [0.15, 0.2) is 0 Å². The van der Waals surface area contributed by atoms with Gasteiger partial charge in [0, 0.05) is 11.8 Å². The first-order valence-electron chi connectivity index (χ1n) is 5.95. The first-order valence-corrected chi connectivity index (χ1v) is 5.95. The Balaban J connectivity index is 3.86. The molecule has 0 radical (unpaired) electrons. The maximum absolute atomic E-state index is 12.2. The van der Waals surface area contributed by atoms with E-state index in [0.717, 1.165) is 19.3 Å². The van der Waals surface area contributed by atoms with Crippen molar-refractivity contribution in [1.29, 1.82) is 5.41 Å². The Morgan fingerprint density at radius 3 is 2.18 bits per heavy atom. The normalized spacial score (nSPS) is 16.0. The van der Waals surface area contributed by atoms with E-state index in [-0.39, 0.29) is 12.0 Å². The van der Waals surface area contributed by atoms with Crippen molar-refractivity contribution in [3.8, 4) is 0 Å². The molecule has 0 fully saturated rings. The molecule has 102 valence electrons. The highest BCUT2D eigenvalue weighted by Crippen LogP contribution is 2.19. The van der Waals surface area contributed by atoms with Crippen molar-refractivity contribution in [2.45, 2.75) is 52.3 Å². The van der Waals surface area contributed by atoms with Crippen molar-refractivity contribution in [3.63, 3.8) is 0 Å². The van der Waals surface area contributed by atoms with Gasteiger partial charge in [-0.3, -0.25) is 4.90 Å². The van der Waals surface area contributed by atoms with Crippen LogP contribution in [-0.4, -0.2) is 36.4 Å². The summed E-state index contributed by atoms with van der Waals surface area (Å²) in [4.78, 5) is 1.34. The molecule has 0 aromatic rings. The average molecular weight is 252 g/mol. The minimum absolute atomic E-state index is 0.0742. The predicted octanol–water partition coefficient (Wildman–Crippen LogP) is 3.72. The van der Waals surface area contributed by atoms with E-state index in [9.17, 15) is 13.2 Å². The Kier molecular flexibility index (Phi) is 6.75. The van der Waals surface area contributed by atoms with Gasteiger partial charge < -0.3 is 5.41 Å². The maximum Gasteiger partial charge on any atom is 0.401 e. The zero-order valence-electron chi connectivity index (χ0n) is 11.1. The van der Waals surface area contributed by atoms with E-state index in [0.29, 0.717) is 5.71 Å². The van der Waals surface area contributed by atoms with Gasteiger partial charge in [0.05, 0.1) is 6.54 Å². The molecule has 0 aromatic carbocycles. The van der Waals surface area contributed by atoms with Crippen LogP contribution in [0.2, 0.25) is 0 Å². The maximum atomic E-state index is 12.2. The van der Waals surface area contributed by atoms with Crippen molar-refractivity contribution in [2.24, 2.45) is 5.92 Å². The Morgan fingerprint density at radius 2 is 1.76 bits per heavy atom. The van der Waals surface area contributed by atoms with E-state index in [1.807, 2.05) is 13.8 Å². The second-order valence-electron chi connectivity index (χ2n) is 4.89. The fourth-order valence-corrected chi connectivity index (χ4v) is 1.59. The lowest BCUT2D eigenvalue weighted by Gasteiger charge is -2.26. The van der Waals surface area contributed by atoms with E-state index >= 15 is 0 Å². The average Bonchev–Trinajstić information content (AvgIpc) is 2.14. The van der Waals surface area contributed by atoms with E-state index < -0.39 is 12.7 Å². The zero-order valence-corrected chi connectivity index (χ0v) is 11.1. The quantitative estimate of drug-likeness (QED) is 0.687. The molecule has 0 spiro atoms. The van der Waals surface area contributed by atoms with Crippen molar-refractivity contribution in [1.82, 2.24) is 4.90 Å². The van der Waals surface area contributed by atoms with Gasteiger partial charge in [0.25, 0.3) is 0 Å². The summed E-state index contributed by atoms with van der Waals surface area (Å²) in [6, 6.07) is -0.0742. The van der Waals surface area contributed by atoms with Gasteiger partial charge in [-0.05, 0) is 39.7 Å². The first-order chi connectivity index (χ1) is 7.63. The van der Waals surface area contributed by atoms with Gasteiger partial charge >= 0.3 is 6.18 Å². The molecule has 2 atom stereocenters. The number of halogens is 3. The molecule has 0 heterocycles. The van der Waals surface area contributed by atoms with E-state index in [1.165, 1.54) is 11.9 Å². The molecular formula is C12H23F3N2. The summed E-state index contributed by atoms with van der Waals surface area (Å²) in [5.74, 6) is 0.232. The number of rotatable bonds is 7. The molecule has 0 aliphatic heterocycles. The van der Waals surface area contributed by atoms with Crippen LogP contribution < -0.4 is 0 Å². The van der Waals surface area contributed by atoms with Gasteiger partial charge in [-0.15, -0.1) is 0 Å². The van der Waals surface area contributed by atoms with Crippen LogP contribution in [0.4, 0.5) is 13.2 Å². The lowest BCUT2D eigenvalue weighted by molar-refractivity contribution is -0.147. The van der Waals surface area contributed by atoms with Crippen molar-refractivity contribution in [2.75, 3.05) is 13.6 Å².